The van der Waals surface area contributed by atoms with E-state index in [1.54, 1.807) is 16.4 Å². The first-order valence-electron chi connectivity index (χ1n) is 7.02. The van der Waals surface area contributed by atoms with E-state index in [0.717, 1.165) is 12.0 Å². The van der Waals surface area contributed by atoms with Gasteiger partial charge in [0.2, 0.25) is 10.0 Å². The molecule has 1 aliphatic rings. The lowest BCUT2D eigenvalue weighted by molar-refractivity contribution is 0.305. The molecule has 0 aliphatic carbocycles. The molecule has 0 bridgehead atoms. The predicted molar refractivity (Wildman–Crippen MR) is 82.5 cm³/mol. The lowest BCUT2D eigenvalue weighted by atomic mass is 9.90. The summed E-state index contributed by atoms with van der Waals surface area (Å²) >= 11 is 6.05. The van der Waals surface area contributed by atoms with E-state index in [2.05, 4.69) is 13.8 Å². The Kier molecular flexibility index (Phi) is 4.77. The molecule has 0 amide bonds. The van der Waals surface area contributed by atoms with Crippen molar-refractivity contribution in [1.82, 2.24) is 4.31 Å². The summed E-state index contributed by atoms with van der Waals surface area (Å²) in [6.45, 7) is 6.78. The van der Waals surface area contributed by atoms with Crippen LogP contribution in [0.5, 0.6) is 0 Å². The van der Waals surface area contributed by atoms with Crippen molar-refractivity contribution < 1.29 is 8.42 Å². The van der Waals surface area contributed by atoms with Gasteiger partial charge in [-0.05, 0) is 37.3 Å². The van der Waals surface area contributed by atoms with Gasteiger partial charge in [-0.3, -0.25) is 0 Å². The van der Waals surface area contributed by atoms with Gasteiger partial charge in [0.05, 0.1) is 4.90 Å². The van der Waals surface area contributed by atoms with Crippen LogP contribution in [-0.2, 0) is 10.0 Å². The molecular formula is C15H22ClNO2S. The first-order valence-corrected chi connectivity index (χ1v) is 9.00. The molecule has 0 aromatic heterocycles. The second-order valence-electron chi connectivity index (χ2n) is 5.85. The van der Waals surface area contributed by atoms with Gasteiger partial charge < -0.3 is 0 Å². The molecule has 1 fully saturated rings. The van der Waals surface area contributed by atoms with E-state index in [-0.39, 0.29) is 6.04 Å². The van der Waals surface area contributed by atoms with Crippen molar-refractivity contribution in [2.75, 3.05) is 12.4 Å². The molecule has 1 aliphatic heterocycles. The molecule has 0 saturated carbocycles. The van der Waals surface area contributed by atoms with Crippen molar-refractivity contribution >= 4 is 21.6 Å². The Balaban J connectivity index is 2.32. The normalized spacial score (nSPS) is 24.4. The topological polar surface area (TPSA) is 37.4 Å². The number of hydrogen-bond acceptors (Lipinski definition) is 2. The summed E-state index contributed by atoms with van der Waals surface area (Å²) in [7, 11) is -3.43. The third-order valence-corrected chi connectivity index (χ3v) is 6.44. The zero-order valence-electron chi connectivity index (χ0n) is 12.2. The van der Waals surface area contributed by atoms with E-state index >= 15 is 0 Å². The highest BCUT2D eigenvalue weighted by atomic mass is 35.5. The lowest BCUT2D eigenvalue weighted by Gasteiger charge is -2.27. The second kappa shape index (κ2) is 6.04. The highest BCUT2D eigenvalue weighted by Gasteiger charge is 2.41. The molecule has 0 radical (unpaired) electrons. The number of aryl methyl sites for hydroxylation is 1. The Hall–Kier alpha value is -0.580. The van der Waals surface area contributed by atoms with E-state index in [9.17, 15) is 8.42 Å². The molecule has 0 spiro atoms. The quantitative estimate of drug-likeness (QED) is 0.800. The standard InChI is InChI=1S/C15H22ClNO2S/c1-11(2)14-8-9-17(15(14)10-16)20(18,19)13-6-4-12(3)5-7-13/h4-7,11,14-15H,8-10H2,1-3H3. The molecule has 1 aromatic rings. The molecule has 3 nitrogen and oxygen atoms in total. The number of rotatable bonds is 4. The molecule has 0 N–H and O–H groups in total. The number of nitrogens with zero attached hydrogens (tertiary/aromatic N) is 1. The van der Waals surface area contributed by atoms with Crippen LogP contribution in [0.3, 0.4) is 0 Å². The predicted octanol–water partition coefficient (Wildman–Crippen LogP) is 3.27. The van der Waals surface area contributed by atoms with Crippen LogP contribution in [0.25, 0.3) is 0 Å². The minimum atomic E-state index is -3.43. The average molecular weight is 316 g/mol. The highest BCUT2D eigenvalue weighted by Crippen LogP contribution is 2.35. The van der Waals surface area contributed by atoms with Crippen LogP contribution >= 0.6 is 11.6 Å². The maximum absolute atomic E-state index is 12.8. The fourth-order valence-electron chi connectivity index (χ4n) is 2.96. The summed E-state index contributed by atoms with van der Waals surface area (Å²) in [6.07, 6.45) is 0.889. The first-order chi connectivity index (χ1) is 9.37. The minimum absolute atomic E-state index is 0.0945. The van der Waals surface area contributed by atoms with Gasteiger partial charge in [-0.1, -0.05) is 31.5 Å². The van der Waals surface area contributed by atoms with Crippen molar-refractivity contribution in [2.24, 2.45) is 11.8 Å². The van der Waals surface area contributed by atoms with Gasteiger partial charge in [0.15, 0.2) is 0 Å². The molecule has 20 heavy (non-hydrogen) atoms. The van der Waals surface area contributed by atoms with Crippen molar-refractivity contribution in [3.63, 3.8) is 0 Å². The van der Waals surface area contributed by atoms with E-state index in [4.69, 9.17) is 11.6 Å². The van der Waals surface area contributed by atoms with E-state index in [1.807, 2.05) is 19.1 Å². The third-order valence-electron chi connectivity index (χ3n) is 4.19. The molecule has 1 heterocycles. The van der Waals surface area contributed by atoms with E-state index in [0.29, 0.717) is 29.2 Å². The van der Waals surface area contributed by atoms with Gasteiger partial charge in [0, 0.05) is 18.5 Å². The summed E-state index contributed by atoms with van der Waals surface area (Å²) in [5.74, 6) is 1.14. The number of hydrogen-bond donors (Lipinski definition) is 0. The Morgan fingerprint density at radius 3 is 2.40 bits per heavy atom. The smallest absolute Gasteiger partial charge is 0.207 e. The summed E-state index contributed by atoms with van der Waals surface area (Å²) in [5, 5.41) is 0. The lowest BCUT2D eigenvalue weighted by Crippen LogP contribution is -2.40. The van der Waals surface area contributed by atoms with Crippen molar-refractivity contribution in [1.29, 1.82) is 0 Å². The van der Waals surface area contributed by atoms with Gasteiger partial charge in [0.1, 0.15) is 0 Å². The Labute approximate surface area is 127 Å². The first kappa shape index (κ1) is 15.8. The van der Waals surface area contributed by atoms with E-state index in [1.165, 1.54) is 0 Å². The maximum Gasteiger partial charge on any atom is 0.243 e. The van der Waals surface area contributed by atoms with Crippen LogP contribution in [0, 0.1) is 18.8 Å². The van der Waals surface area contributed by atoms with Crippen LogP contribution in [0.2, 0.25) is 0 Å². The molecule has 2 unspecified atom stereocenters. The number of sulfonamides is 1. The van der Waals surface area contributed by atoms with Crippen LogP contribution < -0.4 is 0 Å². The number of benzene rings is 1. The van der Waals surface area contributed by atoms with Gasteiger partial charge in [-0.2, -0.15) is 4.31 Å². The van der Waals surface area contributed by atoms with Crippen LogP contribution in [0.1, 0.15) is 25.8 Å². The average Bonchev–Trinajstić information content (AvgIpc) is 2.83. The van der Waals surface area contributed by atoms with Gasteiger partial charge in [-0.25, -0.2) is 8.42 Å². The summed E-state index contributed by atoms with van der Waals surface area (Å²) in [4.78, 5) is 0.364. The van der Waals surface area contributed by atoms with Crippen LogP contribution in [0.15, 0.2) is 29.2 Å². The minimum Gasteiger partial charge on any atom is -0.207 e. The monoisotopic (exact) mass is 315 g/mol. The SMILES string of the molecule is Cc1ccc(S(=O)(=O)N2CCC(C(C)C)C2CCl)cc1. The summed E-state index contributed by atoms with van der Waals surface area (Å²) in [6, 6.07) is 6.93. The largest absolute Gasteiger partial charge is 0.243 e. The molecule has 2 rings (SSSR count). The van der Waals surface area contributed by atoms with Crippen LogP contribution in [-0.4, -0.2) is 31.2 Å². The summed E-state index contributed by atoms with van der Waals surface area (Å²) in [5.41, 5.74) is 1.05. The number of halogens is 1. The zero-order chi connectivity index (χ0) is 14.9. The maximum atomic E-state index is 12.8. The fraction of sp³-hybridized carbons (Fsp3) is 0.600. The molecule has 2 atom stereocenters. The zero-order valence-corrected chi connectivity index (χ0v) is 13.8. The highest BCUT2D eigenvalue weighted by molar-refractivity contribution is 7.89. The van der Waals surface area contributed by atoms with E-state index < -0.39 is 10.0 Å². The number of alkyl halides is 1. The Bertz CT molecular complexity index is 554. The van der Waals surface area contributed by atoms with Gasteiger partial charge in [-0.15, -0.1) is 11.6 Å². The molecule has 112 valence electrons. The molecule has 1 aromatic carbocycles. The molecule has 5 heteroatoms. The fourth-order valence-corrected chi connectivity index (χ4v) is 5.12. The van der Waals surface area contributed by atoms with Crippen molar-refractivity contribution in [3.05, 3.63) is 29.8 Å². The molecule has 1 saturated heterocycles. The third kappa shape index (κ3) is 2.87. The Morgan fingerprint density at radius 1 is 1.30 bits per heavy atom. The van der Waals surface area contributed by atoms with Crippen molar-refractivity contribution in [2.45, 2.75) is 38.1 Å². The van der Waals surface area contributed by atoms with Crippen molar-refractivity contribution in [3.8, 4) is 0 Å². The summed E-state index contributed by atoms with van der Waals surface area (Å²) < 4.78 is 27.1. The van der Waals surface area contributed by atoms with Gasteiger partial charge in [0.25, 0.3) is 0 Å². The van der Waals surface area contributed by atoms with Crippen LogP contribution in [0.4, 0.5) is 0 Å². The molecular weight excluding hydrogens is 294 g/mol. The Morgan fingerprint density at radius 2 is 1.90 bits per heavy atom. The second-order valence-corrected chi connectivity index (χ2v) is 8.05. The van der Waals surface area contributed by atoms with Gasteiger partial charge >= 0.3 is 0 Å².